The van der Waals surface area contributed by atoms with Crippen molar-refractivity contribution < 1.29 is 0 Å². The number of hydrogen-bond donors (Lipinski definition) is 1. The van der Waals surface area contributed by atoms with E-state index in [-0.39, 0.29) is 0 Å². The van der Waals surface area contributed by atoms with Crippen LogP contribution < -0.4 is 5.32 Å². The van der Waals surface area contributed by atoms with Gasteiger partial charge in [-0.05, 0) is 44.2 Å². The molecule has 17 heavy (non-hydrogen) atoms. The van der Waals surface area contributed by atoms with Crippen molar-refractivity contribution in [2.24, 2.45) is 11.8 Å². The summed E-state index contributed by atoms with van der Waals surface area (Å²) < 4.78 is 0. The number of nitrogens with one attached hydrogen (secondary N) is 1. The molecule has 0 saturated heterocycles. The van der Waals surface area contributed by atoms with Crippen molar-refractivity contribution in [2.75, 3.05) is 13.1 Å². The smallest absolute Gasteiger partial charge is 0.00204 e. The summed E-state index contributed by atoms with van der Waals surface area (Å²) in [5.74, 6) is 1.95. The van der Waals surface area contributed by atoms with E-state index in [0.29, 0.717) is 0 Å². The summed E-state index contributed by atoms with van der Waals surface area (Å²) in [5.41, 5.74) is 0. The van der Waals surface area contributed by atoms with Crippen LogP contribution in [0, 0.1) is 11.8 Å². The predicted molar refractivity (Wildman–Crippen MR) is 77.4 cm³/mol. The van der Waals surface area contributed by atoms with Crippen molar-refractivity contribution in [3.05, 3.63) is 0 Å². The minimum absolute atomic E-state index is 0.971. The van der Waals surface area contributed by atoms with Gasteiger partial charge in [-0.15, -0.1) is 0 Å². The zero-order valence-electron chi connectivity index (χ0n) is 12.1. The zero-order valence-corrected chi connectivity index (χ0v) is 12.1. The van der Waals surface area contributed by atoms with Crippen LogP contribution in [0.1, 0.15) is 78.1 Å². The zero-order chi connectivity index (χ0) is 12.3. The van der Waals surface area contributed by atoms with Crippen molar-refractivity contribution in [1.82, 2.24) is 5.32 Å². The summed E-state index contributed by atoms with van der Waals surface area (Å²) in [6, 6.07) is 0. The van der Waals surface area contributed by atoms with Gasteiger partial charge in [-0.3, -0.25) is 0 Å². The third-order valence-corrected chi connectivity index (χ3v) is 4.19. The minimum atomic E-state index is 0.971. The van der Waals surface area contributed by atoms with Gasteiger partial charge in [-0.1, -0.05) is 58.8 Å². The molecule has 0 heterocycles. The highest BCUT2D eigenvalue weighted by atomic mass is 14.9. The van der Waals surface area contributed by atoms with Gasteiger partial charge in [-0.25, -0.2) is 0 Å². The Balaban J connectivity index is 1.83. The molecule has 1 heteroatoms. The maximum atomic E-state index is 3.67. The summed E-state index contributed by atoms with van der Waals surface area (Å²) in [6.45, 7) is 7.23. The molecule has 0 spiro atoms. The Hall–Kier alpha value is -0.0400. The minimum Gasteiger partial charge on any atom is -0.316 e. The second-order valence-corrected chi connectivity index (χ2v) is 6.11. The first-order chi connectivity index (χ1) is 8.33. The van der Waals surface area contributed by atoms with Gasteiger partial charge < -0.3 is 5.32 Å². The molecule has 2 unspecified atom stereocenters. The lowest BCUT2D eigenvalue weighted by Crippen LogP contribution is -2.27. The summed E-state index contributed by atoms with van der Waals surface area (Å²) in [7, 11) is 0. The lowest BCUT2D eigenvalue weighted by molar-refractivity contribution is 0.274. The SMILES string of the molecule is CCCCCCCCNCC1CCCC(C)C1. The van der Waals surface area contributed by atoms with E-state index in [4.69, 9.17) is 0 Å². The molecule has 0 aromatic rings. The fourth-order valence-electron chi connectivity index (χ4n) is 3.08. The van der Waals surface area contributed by atoms with Gasteiger partial charge >= 0.3 is 0 Å². The van der Waals surface area contributed by atoms with Gasteiger partial charge in [0.2, 0.25) is 0 Å². The molecule has 102 valence electrons. The maximum absolute atomic E-state index is 3.67. The van der Waals surface area contributed by atoms with Crippen LogP contribution in [0.15, 0.2) is 0 Å². The summed E-state index contributed by atoms with van der Waals surface area (Å²) >= 11 is 0. The predicted octanol–water partition coefficient (Wildman–Crippen LogP) is 4.76. The first-order valence-corrected chi connectivity index (χ1v) is 8.03. The highest BCUT2D eigenvalue weighted by Gasteiger charge is 2.17. The van der Waals surface area contributed by atoms with E-state index >= 15 is 0 Å². The van der Waals surface area contributed by atoms with Crippen molar-refractivity contribution in [3.63, 3.8) is 0 Å². The number of rotatable bonds is 9. The van der Waals surface area contributed by atoms with E-state index in [1.54, 1.807) is 0 Å². The van der Waals surface area contributed by atoms with Crippen LogP contribution in [0.5, 0.6) is 0 Å². The Morgan fingerprint density at radius 3 is 2.53 bits per heavy atom. The van der Waals surface area contributed by atoms with E-state index in [2.05, 4.69) is 19.2 Å². The molecular weight excluding hydrogens is 206 g/mol. The Labute approximate surface area is 109 Å². The Bertz CT molecular complexity index is 167. The molecule has 1 aliphatic rings. The van der Waals surface area contributed by atoms with E-state index < -0.39 is 0 Å². The highest BCUT2D eigenvalue weighted by molar-refractivity contribution is 4.72. The standard InChI is InChI=1S/C16H33N/c1-3-4-5-6-7-8-12-17-14-16-11-9-10-15(2)13-16/h15-17H,3-14H2,1-2H3. The Morgan fingerprint density at radius 1 is 1.00 bits per heavy atom. The van der Waals surface area contributed by atoms with Crippen LogP contribution in [0.2, 0.25) is 0 Å². The second kappa shape index (κ2) is 9.94. The van der Waals surface area contributed by atoms with E-state index in [0.717, 1.165) is 11.8 Å². The monoisotopic (exact) mass is 239 g/mol. The molecule has 1 N–H and O–H groups in total. The van der Waals surface area contributed by atoms with Crippen LogP contribution >= 0.6 is 0 Å². The topological polar surface area (TPSA) is 12.0 Å². The molecular formula is C16H33N. The Morgan fingerprint density at radius 2 is 1.76 bits per heavy atom. The summed E-state index contributed by atoms with van der Waals surface area (Å²) in [6.07, 6.45) is 14.3. The van der Waals surface area contributed by atoms with Gasteiger partial charge in [0.15, 0.2) is 0 Å². The quantitative estimate of drug-likeness (QED) is 0.572. The average Bonchev–Trinajstić information content (AvgIpc) is 2.33. The average molecular weight is 239 g/mol. The molecule has 1 saturated carbocycles. The maximum Gasteiger partial charge on any atom is -0.00204 e. The molecule has 0 amide bonds. The van der Waals surface area contributed by atoms with Crippen molar-refractivity contribution >= 4 is 0 Å². The molecule has 0 aliphatic heterocycles. The van der Waals surface area contributed by atoms with Crippen LogP contribution in [0.4, 0.5) is 0 Å². The lowest BCUT2D eigenvalue weighted by Gasteiger charge is -2.26. The fraction of sp³-hybridized carbons (Fsp3) is 1.00. The number of hydrogen-bond acceptors (Lipinski definition) is 1. The van der Waals surface area contributed by atoms with Gasteiger partial charge in [0, 0.05) is 0 Å². The van der Waals surface area contributed by atoms with Crippen molar-refractivity contribution in [1.29, 1.82) is 0 Å². The van der Waals surface area contributed by atoms with E-state index in [1.165, 1.54) is 77.3 Å². The van der Waals surface area contributed by atoms with Crippen LogP contribution in [-0.4, -0.2) is 13.1 Å². The lowest BCUT2D eigenvalue weighted by atomic mass is 9.82. The van der Waals surface area contributed by atoms with Crippen molar-refractivity contribution in [3.8, 4) is 0 Å². The molecule has 0 aromatic carbocycles. The number of unbranched alkanes of at least 4 members (excludes halogenated alkanes) is 5. The van der Waals surface area contributed by atoms with E-state index in [1.807, 2.05) is 0 Å². The third kappa shape index (κ3) is 7.81. The second-order valence-electron chi connectivity index (χ2n) is 6.11. The molecule has 0 bridgehead atoms. The van der Waals surface area contributed by atoms with Crippen LogP contribution in [-0.2, 0) is 0 Å². The molecule has 1 aliphatic carbocycles. The van der Waals surface area contributed by atoms with Crippen molar-refractivity contribution in [2.45, 2.75) is 78.1 Å². The highest BCUT2D eigenvalue weighted by Crippen LogP contribution is 2.27. The first kappa shape index (κ1) is 15.0. The van der Waals surface area contributed by atoms with Gasteiger partial charge in [0.1, 0.15) is 0 Å². The largest absolute Gasteiger partial charge is 0.316 e. The first-order valence-electron chi connectivity index (χ1n) is 8.03. The molecule has 1 nitrogen and oxygen atoms in total. The van der Waals surface area contributed by atoms with Gasteiger partial charge in [0.25, 0.3) is 0 Å². The Kier molecular flexibility index (Phi) is 8.78. The third-order valence-electron chi connectivity index (χ3n) is 4.19. The van der Waals surface area contributed by atoms with Gasteiger partial charge in [-0.2, -0.15) is 0 Å². The molecule has 0 aromatic heterocycles. The summed E-state index contributed by atoms with van der Waals surface area (Å²) in [5, 5.41) is 3.67. The van der Waals surface area contributed by atoms with Crippen LogP contribution in [0.3, 0.4) is 0 Å². The van der Waals surface area contributed by atoms with Gasteiger partial charge in [0.05, 0.1) is 0 Å². The van der Waals surface area contributed by atoms with E-state index in [9.17, 15) is 0 Å². The fourth-order valence-corrected chi connectivity index (χ4v) is 3.08. The molecule has 2 atom stereocenters. The molecule has 0 radical (unpaired) electrons. The normalized spacial score (nSPS) is 25.1. The molecule has 1 rings (SSSR count). The van der Waals surface area contributed by atoms with Crippen LogP contribution in [0.25, 0.3) is 0 Å². The molecule has 1 fully saturated rings. The summed E-state index contributed by atoms with van der Waals surface area (Å²) in [4.78, 5) is 0.